The largest absolute Gasteiger partial charge is 0.437 e. The predicted molar refractivity (Wildman–Crippen MR) is 82.4 cm³/mol. The lowest BCUT2D eigenvalue weighted by Crippen LogP contribution is -2.00. The van der Waals surface area contributed by atoms with Crippen molar-refractivity contribution in [3.05, 3.63) is 52.7 Å². The zero-order valence-corrected chi connectivity index (χ0v) is 12.5. The summed E-state index contributed by atoms with van der Waals surface area (Å²) in [4.78, 5) is 4.24. The molecule has 1 atom stereocenters. The highest BCUT2D eigenvalue weighted by molar-refractivity contribution is 6.31. The van der Waals surface area contributed by atoms with E-state index in [9.17, 15) is 0 Å². The molecule has 0 bridgehead atoms. The molecule has 0 amide bonds. The van der Waals surface area contributed by atoms with Gasteiger partial charge in [-0.3, -0.25) is 0 Å². The van der Waals surface area contributed by atoms with Crippen molar-refractivity contribution in [2.24, 2.45) is 5.73 Å². The van der Waals surface area contributed by atoms with E-state index in [1.54, 1.807) is 12.3 Å². The smallest absolute Gasteiger partial charge is 0.238 e. The van der Waals surface area contributed by atoms with Crippen molar-refractivity contribution in [2.45, 2.75) is 32.7 Å². The van der Waals surface area contributed by atoms with Crippen LogP contribution in [0.25, 0.3) is 0 Å². The summed E-state index contributed by atoms with van der Waals surface area (Å²) in [5, 5.41) is 0.479. The van der Waals surface area contributed by atoms with Gasteiger partial charge in [-0.1, -0.05) is 43.6 Å². The number of ether oxygens (including phenoxy) is 1. The molecule has 1 aromatic carbocycles. The quantitative estimate of drug-likeness (QED) is 0.882. The summed E-state index contributed by atoms with van der Waals surface area (Å²) in [5.74, 6) is 1.64. The van der Waals surface area contributed by atoms with E-state index in [1.165, 1.54) is 0 Å². The van der Waals surface area contributed by atoms with E-state index < -0.39 is 0 Å². The highest BCUT2D eigenvalue weighted by Gasteiger charge is 2.12. The van der Waals surface area contributed by atoms with Gasteiger partial charge in [0, 0.05) is 12.7 Å². The molecule has 0 aliphatic carbocycles. The predicted octanol–water partition coefficient (Wildman–Crippen LogP) is 4.50. The van der Waals surface area contributed by atoms with E-state index in [1.807, 2.05) is 18.2 Å². The monoisotopic (exact) mass is 290 g/mol. The van der Waals surface area contributed by atoms with Crippen molar-refractivity contribution in [3.63, 3.8) is 0 Å². The number of pyridine rings is 1. The lowest BCUT2D eigenvalue weighted by molar-refractivity contribution is 0.452. The molecule has 4 heteroatoms. The maximum absolute atomic E-state index is 6.18. The minimum absolute atomic E-state index is 0.413. The Balaban J connectivity index is 2.30. The molecule has 106 valence electrons. The number of halogens is 1. The number of aromatic nitrogens is 1. The molecule has 2 rings (SSSR count). The highest BCUT2D eigenvalue weighted by Crippen LogP contribution is 2.34. The van der Waals surface area contributed by atoms with Gasteiger partial charge < -0.3 is 10.5 Å². The third-order valence-corrected chi connectivity index (χ3v) is 3.64. The minimum atomic E-state index is 0.413. The molecule has 0 spiro atoms. The van der Waals surface area contributed by atoms with Gasteiger partial charge in [0.05, 0.1) is 0 Å². The topological polar surface area (TPSA) is 48.1 Å². The van der Waals surface area contributed by atoms with Crippen LogP contribution >= 0.6 is 11.6 Å². The van der Waals surface area contributed by atoms with Crippen LogP contribution < -0.4 is 10.5 Å². The SMILES string of the molecule is CCC(C)c1ccccc1Oc1ncc(CN)cc1Cl. The molecule has 3 nitrogen and oxygen atoms in total. The van der Waals surface area contributed by atoms with Gasteiger partial charge in [-0.05, 0) is 35.6 Å². The summed E-state index contributed by atoms with van der Waals surface area (Å²) < 4.78 is 5.88. The maximum atomic E-state index is 6.18. The Hall–Kier alpha value is -1.58. The van der Waals surface area contributed by atoms with Gasteiger partial charge >= 0.3 is 0 Å². The first kappa shape index (κ1) is 14.8. The van der Waals surface area contributed by atoms with Crippen LogP contribution in [0.15, 0.2) is 36.5 Å². The van der Waals surface area contributed by atoms with Crippen LogP contribution in [0, 0.1) is 0 Å². The summed E-state index contributed by atoms with van der Waals surface area (Å²) >= 11 is 6.18. The van der Waals surface area contributed by atoms with Gasteiger partial charge in [0.1, 0.15) is 10.8 Å². The molecule has 0 saturated carbocycles. The average molecular weight is 291 g/mol. The first-order valence-electron chi connectivity index (χ1n) is 6.77. The molecule has 0 radical (unpaired) electrons. The van der Waals surface area contributed by atoms with Crippen LogP contribution in [-0.4, -0.2) is 4.98 Å². The Labute approximate surface area is 124 Å². The second-order valence-electron chi connectivity index (χ2n) is 4.78. The Morgan fingerprint density at radius 2 is 2.10 bits per heavy atom. The second kappa shape index (κ2) is 6.73. The van der Waals surface area contributed by atoms with Crippen molar-refractivity contribution in [1.82, 2.24) is 4.98 Å². The van der Waals surface area contributed by atoms with Gasteiger partial charge in [-0.15, -0.1) is 0 Å². The second-order valence-corrected chi connectivity index (χ2v) is 5.19. The Kier molecular flexibility index (Phi) is 4.99. The fourth-order valence-corrected chi connectivity index (χ4v) is 2.18. The maximum Gasteiger partial charge on any atom is 0.238 e. The first-order valence-corrected chi connectivity index (χ1v) is 7.14. The zero-order chi connectivity index (χ0) is 14.5. The standard InChI is InChI=1S/C16H19ClN2O/c1-3-11(2)13-6-4-5-7-15(13)20-16-14(17)8-12(9-18)10-19-16/h4-8,10-11H,3,9,18H2,1-2H3. The summed E-state index contributed by atoms with van der Waals surface area (Å²) in [6.07, 6.45) is 2.74. The van der Waals surface area contributed by atoms with E-state index in [4.69, 9.17) is 22.1 Å². The van der Waals surface area contributed by atoms with Crippen LogP contribution in [0.3, 0.4) is 0 Å². The minimum Gasteiger partial charge on any atom is -0.437 e. The Morgan fingerprint density at radius 1 is 1.35 bits per heavy atom. The van der Waals surface area contributed by atoms with E-state index in [-0.39, 0.29) is 0 Å². The number of rotatable bonds is 5. The van der Waals surface area contributed by atoms with Crippen molar-refractivity contribution in [2.75, 3.05) is 0 Å². The molecule has 1 heterocycles. The molecule has 1 unspecified atom stereocenters. The zero-order valence-electron chi connectivity index (χ0n) is 11.8. The molecular weight excluding hydrogens is 272 g/mol. The normalized spacial score (nSPS) is 12.2. The van der Waals surface area contributed by atoms with E-state index in [2.05, 4.69) is 24.9 Å². The Bertz CT molecular complexity index is 586. The van der Waals surface area contributed by atoms with Crippen LogP contribution in [0.1, 0.15) is 37.3 Å². The van der Waals surface area contributed by atoms with Crippen LogP contribution in [0.5, 0.6) is 11.6 Å². The van der Waals surface area contributed by atoms with Gasteiger partial charge in [-0.25, -0.2) is 4.98 Å². The fourth-order valence-electron chi connectivity index (χ4n) is 1.96. The fraction of sp³-hybridized carbons (Fsp3) is 0.312. The van der Waals surface area contributed by atoms with E-state index in [0.717, 1.165) is 23.3 Å². The Morgan fingerprint density at radius 3 is 2.75 bits per heavy atom. The third-order valence-electron chi connectivity index (χ3n) is 3.37. The van der Waals surface area contributed by atoms with Gasteiger partial charge in [-0.2, -0.15) is 0 Å². The van der Waals surface area contributed by atoms with Crippen molar-refractivity contribution in [1.29, 1.82) is 0 Å². The summed E-state index contributed by atoms with van der Waals surface area (Å²) in [5.41, 5.74) is 7.61. The molecule has 0 aliphatic rings. The van der Waals surface area contributed by atoms with Crippen molar-refractivity contribution < 1.29 is 4.74 Å². The molecule has 0 fully saturated rings. The third kappa shape index (κ3) is 3.30. The summed E-state index contributed by atoms with van der Waals surface area (Å²) in [7, 11) is 0. The first-order chi connectivity index (χ1) is 9.65. The number of para-hydroxylation sites is 1. The van der Waals surface area contributed by atoms with Crippen LogP contribution in [-0.2, 0) is 6.54 Å². The summed E-state index contributed by atoms with van der Waals surface area (Å²) in [6, 6.07) is 9.77. The van der Waals surface area contributed by atoms with Crippen molar-refractivity contribution >= 4 is 11.6 Å². The van der Waals surface area contributed by atoms with Crippen LogP contribution in [0.4, 0.5) is 0 Å². The summed E-state index contributed by atoms with van der Waals surface area (Å²) in [6.45, 7) is 4.74. The molecular formula is C16H19ClN2O. The molecule has 0 saturated heterocycles. The molecule has 20 heavy (non-hydrogen) atoms. The van der Waals surface area contributed by atoms with E-state index in [0.29, 0.717) is 23.4 Å². The van der Waals surface area contributed by atoms with Gasteiger partial charge in [0.15, 0.2) is 0 Å². The number of nitrogens with zero attached hydrogens (tertiary/aromatic N) is 1. The van der Waals surface area contributed by atoms with E-state index >= 15 is 0 Å². The van der Waals surface area contributed by atoms with Gasteiger partial charge in [0.25, 0.3) is 0 Å². The van der Waals surface area contributed by atoms with Crippen LogP contribution in [0.2, 0.25) is 5.02 Å². The number of benzene rings is 1. The molecule has 1 aromatic heterocycles. The molecule has 0 aliphatic heterocycles. The van der Waals surface area contributed by atoms with Gasteiger partial charge in [0.2, 0.25) is 5.88 Å². The highest BCUT2D eigenvalue weighted by atomic mass is 35.5. The molecule has 2 N–H and O–H groups in total. The lowest BCUT2D eigenvalue weighted by atomic mass is 9.98. The molecule has 2 aromatic rings. The number of hydrogen-bond donors (Lipinski definition) is 1. The van der Waals surface area contributed by atoms with Crippen molar-refractivity contribution in [3.8, 4) is 11.6 Å². The average Bonchev–Trinajstić information content (AvgIpc) is 2.49. The lowest BCUT2D eigenvalue weighted by Gasteiger charge is -2.15. The number of hydrogen-bond acceptors (Lipinski definition) is 3. The number of nitrogens with two attached hydrogens (primary N) is 1.